The Bertz CT molecular complexity index is 1410. The lowest BCUT2D eigenvalue weighted by molar-refractivity contribution is -0.192. The molecule has 204 valence electrons. The smallest absolute Gasteiger partial charge is 0.475 e. The van der Waals surface area contributed by atoms with Gasteiger partial charge >= 0.3 is 18.3 Å². The van der Waals surface area contributed by atoms with Gasteiger partial charge in [-0.25, -0.2) is 14.5 Å². The van der Waals surface area contributed by atoms with Crippen molar-refractivity contribution in [2.24, 2.45) is 0 Å². The lowest BCUT2D eigenvalue weighted by Crippen LogP contribution is -2.44. The van der Waals surface area contributed by atoms with Gasteiger partial charge in [0.15, 0.2) is 0 Å². The van der Waals surface area contributed by atoms with Gasteiger partial charge in [0.05, 0.1) is 24.8 Å². The number of imidazole rings is 1. The van der Waals surface area contributed by atoms with Gasteiger partial charge in [0.2, 0.25) is 5.95 Å². The van der Waals surface area contributed by atoms with E-state index in [0.29, 0.717) is 22.5 Å². The van der Waals surface area contributed by atoms with E-state index in [2.05, 4.69) is 32.1 Å². The zero-order valence-corrected chi connectivity index (χ0v) is 19.9. The maximum Gasteiger partial charge on any atom is 0.490 e. The Kier molecular flexibility index (Phi) is 8.67. The molecule has 38 heavy (non-hydrogen) atoms. The number of carboxylic acid groups (broad SMARTS) is 1. The lowest BCUT2D eigenvalue weighted by atomic mass is 10.1. The van der Waals surface area contributed by atoms with Crippen molar-refractivity contribution in [2.45, 2.75) is 32.4 Å². The third kappa shape index (κ3) is 6.82. The standard InChI is InChI=1S/C21H21F3N6O.C2HF3O2/c1-2-3-9-29-18-17(27-20(29)28-10-7-25-8-11-28)13-26-30(19(18)31)14-15-5-4-6-16(12-15)21(22,23)24;3-2(4,5)1(6)7/h4-6,12-13,25H,7-11,14H2,1H3;(H,6,7). The highest BCUT2D eigenvalue weighted by molar-refractivity contribution is 5.77. The Morgan fingerprint density at radius 1 is 1.16 bits per heavy atom. The van der Waals surface area contributed by atoms with Crippen LogP contribution in [0, 0.1) is 11.8 Å². The Labute approximate surface area is 211 Å². The zero-order chi connectivity index (χ0) is 28.1. The number of carboxylic acids is 1. The number of nitrogens with one attached hydrogen (secondary N) is 1. The molecule has 3 aromatic rings. The molecule has 9 nitrogen and oxygen atoms in total. The van der Waals surface area contributed by atoms with E-state index in [0.717, 1.165) is 43.0 Å². The molecule has 2 aromatic heterocycles. The number of nitrogens with zero attached hydrogens (tertiary/aromatic N) is 5. The lowest BCUT2D eigenvalue weighted by Gasteiger charge is -2.28. The molecular formula is C23H22F6N6O3. The van der Waals surface area contributed by atoms with Gasteiger partial charge in [-0.05, 0) is 24.6 Å². The summed E-state index contributed by atoms with van der Waals surface area (Å²) in [5.41, 5.74) is -0.0504. The van der Waals surface area contributed by atoms with Crippen molar-refractivity contribution in [1.82, 2.24) is 24.6 Å². The predicted molar refractivity (Wildman–Crippen MR) is 125 cm³/mol. The van der Waals surface area contributed by atoms with Crippen molar-refractivity contribution in [1.29, 1.82) is 0 Å². The van der Waals surface area contributed by atoms with Crippen LogP contribution in [0.3, 0.4) is 0 Å². The number of anilines is 1. The van der Waals surface area contributed by atoms with Gasteiger partial charge in [0, 0.05) is 26.2 Å². The van der Waals surface area contributed by atoms with Gasteiger partial charge in [-0.15, -0.1) is 5.92 Å². The van der Waals surface area contributed by atoms with Crippen LogP contribution in [0.15, 0.2) is 35.3 Å². The van der Waals surface area contributed by atoms with Crippen LogP contribution < -0.4 is 15.8 Å². The summed E-state index contributed by atoms with van der Waals surface area (Å²) in [7, 11) is 0. The SMILES string of the molecule is CC#CCn1c(N2CCNCC2)nc2cnn(Cc3cccc(C(F)(F)F)c3)c(=O)c21.O=C(O)C(F)(F)F. The van der Waals surface area contributed by atoms with Crippen LogP contribution in [-0.2, 0) is 24.1 Å². The first-order valence-electron chi connectivity index (χ1n) is 11.1. The number of aromatic nitrogens is 4. The van der Waals surface area contributed by atoms with Gasteiger partial charge in [-0.2, -0.15) is 31.4 Å². The average Bonchev–Trinajstić information content (AvgIpc) is 3.24. The molecule has 1 aromatic carbocycles. The number of benzene rings is 1. The van der Waals surface area contributed by atoms with Crippen molar-refractivity contribution in [3.63, 3.8) is 0 Å². The minimum absolute atomic E-state index is 0.0771. The highest BCUT2D eigenvalue weighted by atomic mass is 19.4. The quantitative estimate of drug-likeness (QED) is 0.385. The zero-order valence-electron chi connectivity index (χ0n) is 19.9. The maximum atomic E-state index is 13.2. The normalized spacial score (nSPS) is 13.9. The van der Waals surface area contributed by atoms with E-state index in [1.165, 1.54) is 12.3 Å². The number of piperazine rings is 1. The number of alkyl halides is 6. The molecule has 0 aliphatic carbocycles. The molecule has 0 bridgehead atoms. The molecular weight excluding hydrogens is 522 g/mol. The number of rotatable bonds is 4. The van der Waals surface area contributed by atoms with Crippen LogP contribution in [0.25, 0.3) is 11.0 Å². The number of hydrogen-bond acceptors (Lipinski definition) is 6. The van der Waals surface area contributed by atoms with E-state index >= 15 is 0 Å². The van der Waals surface area contributed by atoms with E-state index in [1.807, 2.05) is 0 Å². The largest absolute Gasteiger partial charge is 0.490 e. The summed E-state index contributed by atoms with van der Waals surface area (Å²) in [6, 6.07) is 4.90. The third-order valence-electron chi connectivity index (χ3n) is 5.37. The Morgan fingerprint density at radius 2 is 1.82 bits per heavy atom. The van der Waals surface area contributed by atoms with Gasteiger partial charge in [0.25, 0.3) is 5.56 Å². The summed E-state index contributed by atoms with van der Waals surface area (Å²) in [6.07, 6.45) is -8.06. The predicted octanol–water partition coefficient (Wildman–Crippen LogP) is 2.73. The minimum atomic E-state index is -5.08. The fourth-order valence-corrected chi connectivity index (χ4v) is 3.62. The summed E-state index contributed by atoms with van der Waals surface area (Å²) in [5, 5.41) is 14.6. The molecule has 4 rings (SSSR count). The maximum absolute atomic E-state index is 13.2. The van der Waals surface area contributed by atoms with E-state index in [4.69, 9.17) is 9.90 Å². The molecule has 0 saturated carbocycles. The molecule has 0 atom stereocenters. The molecule has 1 saturated heterocycles. The first kappa shape index (κ1) is 28.5. The van der Waals surface area contributed by atoms with Gasteiger partial charge in [-0.3, -0.25) is 9.36 Å². The highest BCUT2D eigenvalue weighted by Crippen LogP contribution is 2.29. The van der Waals surface area contributed by atoms with Gasteiger partial charge < -0.3 is 15.3 Å². The van der Waals surface area contributed by atoms with Crippen molar-refractivity contribution < 1.29 is 36.2 Å². The first-order valence-corrected chi connectivity index (χ1v) is 11.1. The van der Waals surface area contributed by atoms with Crippen LogP contribution in [0.2, 0.25) is 0 Å². The summed E-state index contributed by atoms with van der Waals surface area (Å²) >= 11 is 0. The summed E-state index contributed by atoms with van der Waals surface area (Å²) in [4.78, 5) is 28.8. The Hall–Kier alpha value is -4.06. The molecule has 15 heteroatoms. The molecule has 0 unspecified atom stereocenters. The second-order valence-corrected chi connectivity index (χ2v) is 8.00. The molecule has 2 N–H and O–H groups in total. The number of fused-ring (bicyclic) bond motifs is 1. The summed E-state index contributed by atoms with van der Waals surface area (Å²) in [6.45, 7) is 5.03. The van der Waals surface area contributed by atoms with Crippen LogP contribution in [0.1, 0.15) is 18.1 Å². The monoisotopic (exact) mass is 544 g/mol. The van der Waals surface area contributed by atoms with Crippen LogP contribution in [0.4, 0.5) is 32.3 Å². The Morgan fingerprint density at radius 3 is 2.39 bits per heavy atom. The average molecular weight is 544 g/mol. The molecule has 0 spiro atoms. The molecule has 1 fully saturated rings. The molecule has 3 heterocycles. The second-order valence-electron chi connectivity index (χ2n) is 8.00. The molecule has 1 aliphatic heterocycles. The van der Waals surface area contributed by atoms with Crippen molar-refractivity contribution in [3.05, 3.63) is 51.9 Å². The number of hydrogen-bond donors (Lipinski definition) is 2. The topological polar surface area (TPSA) is 105 Å². The fraction of sp³-hybridized carbons (Fsp3) is 0.391. The first-order chi connectivity index (χ1) is 17.8. The van der Waals surface area contributed by atoms with Crippen LogP contribution in [0.5, 0.6) is 0 Å². The fourth-order valence-electron chi connectivity index (χ4n) is 3.62. The Balaban J connectivity index is 0.000000505. The minimum Gasteiger partial charge on any atom is -0.475 e. The van der Waals surface area contributed by atoms with E-state index in [1.54, 1.807) is 17.6 Å². The third-order valence-corrected chi connectivity index (χ3v) is 5.37. The van der Waals surface area contributed by atoms with Crippen molar-refractivity contribution in [2.75, 3.05) is 31.1 Å². The van der Waals surface area contributed by atoms with Crippen molar-refractivity contribution in [3.8, 4) is 11.8 Å². The highest BCUT2D eigenvalue weighted by Gasteiger charge is 2.38. The number of halogens is 6. The number of carbonyl (C=O) groups is 1. The summed E-state index contributed by atoms with van der Waals surface area (Å²) in [5.74, 6) is 3.71. The summed E-state index contributed by atoms with van der Waals surface area (Å²) < 4.78 is 73.7. The molecule has 0 radical (unpaired) electrons. The number of aliphatic carboxylic acids is 1. The van der Waals surface area contributed by atoms with Crippen LogP contribution >= 0.6 is 0 Å². The second kappa shape index (κ2) is 11.5. The molecule has 0 amide bonds. The van der Waals surface area contributed by atoms with Gasteiger partial charge in [-0.1, -0.05) is 18.1 Å². The van der Waals surface area contributed by atoms with Gasteiger partial charge in [0.1, 0.15) is 11.0 Å². The molecule has 1 aliphatic rings. The van der Waals surface area contributed by atoms with E-state index in [9.17, 15) is 31.1 Å². The van der Waals surface area contributed by atoms with E-state index < -0.39 is 29.4 Å². The van der Waals surface area contributed by atoms with E-state index in [-0.39, 0.29) is 13.1 Å². The van der Waals surface area contributed by atoms with Crippen LogP contribution in [-0.4, -0.2) is 62.8 Å². The van der Waals surface area contributed by atoms with Crippen molar-refractivity contribution >= 4 is 23.0 Å².